The number of piperazine rings is 1. The number of methoxy groups -OCH3 is 2. The van der Waals surface area contributed by atoms with Crippen LogP contribution in [0.15, 0.2) is 18.2 Å². The number of hydrogen-bond donors (Lipinski definition) is 2. The van der Waals surface area contributed by atoms with E-state index in [1.165, 1.54) is 7.11 Å². The standard InChI is InChI=1S/C21H30N4O5/c1-29-17-8-7-15(13-18(17)30-2)20(27)25-11-9-24(10-12-25)14-19(26)23-21(28)22-16-5-3-4-6-16/h7-8,13,16H,3-6,9-12,14H2,1-2H3,(H2,22,23,26,28). The summed E-state index contributed by atoms with van der Waals surface area (Å²) >= 11 is 0. The zero-order valence-electron chi connectivity index (χ0n) is 17.6. The van der Waals surface area contributed by atoms with Crippen LogP contribution in [0.4, 0.5) is 4.79 Å². The number of urea groups is 1. The molecule has 1 aromatic rings. The predicted molar refractivity (Wildman–Crippen MR) is 111 cm³/mol. The molecule has 0 aromatic heterocycles. The number of nitrogens with zero attached hydrogens (tertiary/aromatic N) is 2. The molecule has 3 rings (SSSR count). The van der Waals surface area contributed by atoms with Crippen LogP contribution in [0.2, 0.25) is 0 Å². The quantitative estimate of drug-likeness (QED) is 0.721. The minimum absolute atomic E-state index is 0.0870. The Bertz CT molecular complexity index is 771. The summed E-state index contributed by atoms with van der Waals surface area (Å²) in [7, 11) is 3.08. The summed E-state index contributed by atoms with van der Waals surface area (Å²) in [6.45, 7) is 2.29. The number of imide groups is 1. The van der Waals surface area contributed by atoms with Crippen molar-refractivity contribution in [2.24, 2.45) is 0 Å². The van der Waals surface area contributed by atoms with Gasteiger partial charge in [0.2, 0.25) is 5.91 Å². The molecule has 0 unspecified atom stereocenters. The number of carbonyl (C=O) groups is 3. The lowest BCUT2D eigenvalue weighted by atomic mass is 10.1. The van der Waals surface area contributed by atoms with Crippen molar-refractivity contribution in [3.63, 3.8) is 0 Å². The summed E-state index contributed by atoms with van der Waals surface area (Å²) in [6.07, 6.45) is 4.17. The lowest BCUT2D eigenvalue weighted by Crippen LogP contribution is -2.52. The highest BCUT2D eigenvalue weighted by molar-refractivity contribution is 5.96. The van der Waals surface area contributed by atoms with E-state index >= 15 is 0 Å². The Morgan fingerprint density at radius 2 is 1.67 bits per heavy atom. The molecular weight excluding hydrogens is 388 g/mol. The van der Waals surface area contributed by atoms with Gasteiger partial charge in [0.15, 0.2) is 11.5 Å². The first-order valence-electron chi connectivity index (χ1n) is 10.3. The van der Waals surface area contributed by atoms with Crippen molar-refractivity contribution in [1.29, 1.82) is 0 Å². The number of hydrogen-bond acceptors (Lipinski definition) is 6. The van der Waals surface area contributed by atoms with Crippen LogP contribution in [0.25, 0.3) is 0 Å². The molecular formula is C21H30N4O5. The van der Waals surface area contributed by atoms with Crippen molar-refractivity contribution in [2.75, 3.05) is 46.9 Å². The Hall–Kier alpha value is -2.81. The largest absolute Gasteiger partial charge is 0.493 e. The number of carbonyl (C=O) groups excluding carboxylic acids is 3. The molecule has 164 valence electrons. The first-order chi connectivity index (χ1) is 14.5. The minimum Gasteiger partial charge on any atom is -0.493 e. The van der Waals surface area contributed by atoms with Crippen LogP contribution in [0.1, 0.15) is 36.0 Å². The van der Waals surface area contributed by atoms with Crippen LogP contribution in [0, 0.1) is 0 Å². The molecule has 1 aromatic carbocycles. The molecule has 4 amide bonds. The summed E-state index contributed by atoms with van der Waals surface area (Å²) in [5.41, 5.74) is 0.530. The van der Waals surface area contributed by atoms with E-state index in [2.05, 4.69) is 10.6 Å². The van der Waals surface area contributed by atoms with E-state index in [1.54, 1.807) is 30.2 Å². The topological polar surface area (TPSA) is 100 Å². The first-order valence-corrected chi connectivity index (χ1v) is 10.3. The number of ether oxygens (including phenoxy) is 2. The zero-order valence-corrected chi connectivity index (χ0v) is 17.6. The molecule has 0 bridgehead atoms. The minimum atomic E-state index is -0.422. The SMILES string of the molecule is COc1ccc(C(=O)N2CCN(CC(=O)NC(=O)NC3CCCC3)CC2)cc1OC. The maximum Gasteiger partial charge on any atom is 0.321 e. The van der Waals surface area contributed by atoms with Gasteiger partial charge in [0.25, 0.3) is 5.91 Å². The summed E-state index contributed by atoms with van der Waals surface area (Å²) in [4.78, 5) is 40.5. The molecule has 2 fully saturated rings. The third-order valence-corrected chi connectivity index (χ3v) is 5.60. The lowest BCUT2D eigenvalue weighted by Gasteiger charge is -2.34. The molecule has 1 aliphatic carbocycles. The maximum absolute atomic E-state index is 12.8. The van der Waals surface area contributed by atoms with Crippen molar-refractivity contribution in [3.8, 4) is 11.5 Å². The van der Waals surface area contributed by atoms with Gasteiger partial charge >= 0.3 is 6.03 Å². The van der Waals surface area contributed by atoms with Gasteiger partial charge in [0.1, 0.15) is 0 Å². The third-order valence-electron chi connectivity index (χ3n) is 5.60. The van der Waals surface area contributed by atoms with E-state index in [1.807, 2.05) is 4.90 Å². The Morgan fingerprint density at radius 1 is 1.00 bits per heavy atom. The van der Waals surface area contributed by atoms with E-state index in [4.69, 9.17) is 9.47 Å². The van der Waals surface area contributed by atoms with Gasteiger partial charge in [0, 0.05) is 37.8 Å². The van der Waals surface area contributed by atoms with Crippen molar-refractivity contribution in [1.82, 2.24) is 20.4 Å². The fourth-order valence-electron chi connectivity index (χ4n) is 3.92. The Morgan fingerprint density at radius 3 is 2.30 bits per heavy atom. The number of nitrogens with one attached hydrogen (secondary N) is 2. The molecule has 2 aliphatic rings. The molecule has 0 radical (unpaired) electrons. The molecule has 9 heteroatoms. The molecule has 0 spiro atoms. The van der Waals surface area contributed by atoms with Gasteiger partial charge in [-0.2, -0.15) is 0 Å². The number of benzene rings is 1. The normalized spacial score (nSPS) is 17.5. The second-order valence-electron chi connectivity index (χ2n) is 7.64. The summed E-state index contributed by atoms with van der Waals surface area (Å²) in [5, 5.41) is 5.24. The summed E-state index contributed by atoms with van der Waals surface area (Å²) in [5.74, 6) is 0.664. The van der Waals surface area contributed by atoms with Gasteiger partial charge in [-0.1, -0.05) is 12.8 Å². The second kappa shape index (κ2) is 10.3. The molecule has 0 atom stereocenters. The van der Waals surface area contributed by atoms with E-state index < -0.39 is 6.03 Å². The monoisotopic (exact) mass is 418 g/mol. The number of amides is 4. The smallest absolute Gasteiger partial charge is 0.321 e. The molecule has 1 aliphatic heterocycles. The zero-order chi connectivity index (χ0) is 21.5. The van der Waals surface area contributed by atoms with Crippen LogP contribution >= 0.6 is 0 Å². The average Bonchev–Trinajstić information content (AvgIpc) is 3.25. The van der Waals surface area contributed by atoms with E-state index in [0.717, 1.165) is 25.7 Å². The van der Waals surface area contributed by atoms with Crippen molar-refractivity contribution < 1.29 is 23.9 Å². The van der Waals surface area contributed by atoms with Crippen LogP contribution in [0.5, 0.6) is 11.5 Å². The highest BCUT2D eigenvalue weighted by Gasteiger charge is 2.25. The summed E-state index contributed by atoms with van der Waals surface area (Å²) < 4.78 is 10.5. The van der Waals surface area contributed by atoms with Crippen molar-refractivity contribution >= 4 is 17.8 Å². The average molecular weight is 418 g/mol. The van der Waals surface area contributed by atoms with E-state index in [0.29, 0.717) is 43.2 Å². The van der Waals surface area contributed by atoms with Crippen molar-refractivity contribution in [2.45, 2.75) is 31.7 Å². The predicted octanol–water partition coefficient (Wildman–Crippen LogP) is 1.23. The Balaban J connectivity index is 1.44. The van der Waals surface area contributed by atoms with Gasteiger partial charge in [-0.05, 0) is 31.0 Å². The fourth-order valence-corrected chi connectivity index (χ4v) is 3.92. The van der Waals surface area contributed by atoms with Crippen LogP contribution in [-0.2, 0) is 4.79 Å². The molecule has 1 saturated heterocycles. The molecule has 9 nitrogen and oxygen atoms in total. The first kappa shape index (κ1) is 21.9. The van der Waals surface area contributed by atoms with E-state index in [-0.39, 0.29) is 24.4 Å². The van der Waals surface area contributed by atoms with Crippen LogP contribution in [0.3, 0.4) is 0 Å². The molecule has 1 saturated carbocycles. The molecule has 1 heterocycles. The van der Waals surface area contributed by atoms with Gasteiger partial charge < -0.3 is 19.7 Å². The summed E-state index contributed by atoms with van der Waals surface area (Å²) in [6, 6.07) is 4.85. The molecule has 2 N–H and O–H groups in total. The highest BCUT2D eigenvalue weighted by Crippen LogP contribution is 2.28. The number of rotatable bonds is 6. The van der Waals surface area contributed by atoms with Gasteiger partial charge in [0.05, 0.1) is 20.8 Å². The highest BCUT2D eigenvalue weighted by atomic mass is 16.5. The maximum atomic E-state index is 12.8. The lowest BCUT2D eigenvalue weighted by molar-refractivity contribution is -0.121. The van der Waals surface area contributed by atoms with Crippen molar-refractivity contribution in [3.05, 3.63) is 23.8 Å². The van der Waals surface area contributed by atoms with Gasteiger partial charge in [-0.15, -0.1) is 0 Å². The Labute approximate surface area is 176 Å². The third kappa shape index (κ3) is 5.63. The second-order valence-corrected chi connectivity index (χ2v) is 7.64. The van der Waals surface area contributed by atoms with Gasteiger partial charge in [-0.25, -0.2) is 4.79 Å². The van der Waals surface area contributed by atoms with Crippen LogP contribution < -0.4 is 20.1 Å². The van der Waals surface area contributed by atoms with Crippen LogP contribution in [-0.4, -0.2) is 80.6 Å². The Kier molecular flexibility index (Phi) is 7.51. The van der Waals surface area contributed by atoms with Gasteiger partial charge in [-0.3, -0.25) is 19.8 Å². The fraction of sp³-hybridized carbons (Fsp3) is 0.571. The van der Waals surface area contributed by atoms with E-state index in [9.17, 15) is 14.4 Å². The molecule has 30 heavy (non-hydrogen) atoms.